The zero-order chi connectivity index (χ0) is 13.5. The van der Waals surface area contributed by atoms with Gasteiger partial charge in [-0.3, -0.25) is 9.69 Å². The molecule has 2 unspecified atom stereocenters. The number of rotatable bonds is 6. The van der Waals surface area contributed by atoms with Gasteiger partial charge in [-0.25, -0.2) is 0 Å². The third-order valence-electron chi connectivity index (χ3n) is 3.55. The standard InChI is InChI=1S/C14H28N2O2/c1-5-15-13-7-12(8-14(17)18-6-2)9-16(10-13)11(3)4/h11-13,15H,5-10H2,1-4H3. The van der Waals surface area contributed by atoms with Crippen LogP contribution in [0.1, 0.15) is 40.5 Å². The maximum absolute atomic E-state index is 11.6. The average molecular weight is 256 g/mol. The monoisotopic (exact) mass is 256 g/mol. The highest BCUT2D eigenvalue weighted by Crippen LogP contribution is 2.22. The minimum absolute atomic E-state index is 0.0524. The minimum Gasteiger partial charge on any atom is -0.466 e. The van der Waals surface area contributed by atoms with E-state index in [-0.39, 0.29) is 5.97 Å². The van der Waals surface area contributed by atoms with E-state index in [2.05, 4.69) is 31.0 Å². The zero-order valence-electron chi connectivity index (χ0n) is 12.2. The number of carbonyl (C=O) groups excluding carboxylic acids is 1. The van der Waals surface area contributed by atoms with Crippen LogP contribution in [0, 0.1) is 5.92 Å². The van der Waals surface area contributed by atoms with Gasteiger partial charge >= 0.3 is 5.97 Å². The van der Waals surface area contributed by atoms with Crippen molar-refractivity contribution >= 4 is 5.97 Å². The molecule has 1 aliphatic rings. The Morgan fingerprint density at radius 2 is 2.11 bits per heavy atom. The normalized spacial score (nSPS) is 25.4. The van der Waals surface area contributed by atoms with E-state index in [0.717, 1.165) is 26.1 Å². The number of hydrogen-bond acceptors (Lipinski definition) is 4. The summed E-state index contributed by atoms with van der Waals surface area (Å²) < 4.78 is 5.06. The molecule has 2 atom stereocenters. The fourth-order valence-electron chi connectivity index (χ4n) is 2.70. The number of likely N-dealkylation sites (N-methyl/N-ethyl adjacent to an activating group) is 1. The first kappa shape index (κ1) is 15.4. The van der Waals surface area contributed by atoms with E-state index in [9.17, 15) is 4.79 Å². The van der Waals surface area contributed by atoms with E-state index in [1.54, 1.807) is 0 Å². The summed E-state index contributed by atoms with van der Waals surface area (Å²) in [5.74, 6) is 0.368. The van der Waals surface area contributed by atoms with E-state index >= 15 is 0 Å². The van der Waals surface area contributed by atoms with Crippen molar-refractivity contribution in [1.82, 2.24) is 10.2 Å². The molecule has 1 saturated heterocycles. The van der Waals surface area contributed by atoms with Crippen LogP contribution in [0.25, 0.3) is 0 Å². The highest BCUT2D eigenvalue weighted by atomic mass is 16.5. The maximum Gasteiger partial charge on any atom is 0.306 e. The van der Waals surface area contributed by atoms with E-state index in [4.69, 9.17) is 4.74 Å². The van der Waals surface area contributed by atoms with Crippen molar-refractivity contribution in [2.75, 3.05) is 26.2 Å². The first-order valence-electron chi connectivity index (χ1n) is 7.19. The van der Waals surface area contributed by atoms with Crippen LogP contribution in [-0.4, -0.2) is 49.2 Å². The van der Waals surface area contributed by atoms with Crippen LogP contribution in [0.2, 0.25) is 0 Å². The van der Waals surface area contributed by atoms with Crippen molar-refractivity contribution in [3.63, 3.8) is 0 Å². The second-order valence-electron chi connectivity index (χ2n) is 5.41. The van der Waals surface area contributed by atoms with Crippen LogP contribution >= 0.6 is 0 Å². The van der Waals surface area contributed by atoms with Crippen LogP contribution in [0.4, 0.5) is 0 Å². The lowest BCUT2D eigenvalue weighted by Crippen LogP contribution is -2.51. The van der Waals surface area contributed by atoms with Crippen molar-refractivity contribution in [3.8, 4) is 0 Å². The van der Waals surface area contributed by atoms with Crippen LogP contribution in [-0.2, 0) is 9.53 Å². The Morgan fingerprint density at radius 1 is 1.39 bits per heavy atom. The van der Waals surface area contributed by atoms with Gasteiger partial charge in [-0.05, 0) is 39.7 Å². The molecule has 0 amide bonds. The third-order valence-corrected chi connectivity index (χ3v) is 3.55. The second-order valence-corrected chi connectivity index (χ2v) is 5.41. The first-order valence-corrected chi connectivity index (χ1v) is 7.19. The molecule has 1 fully saturated rings. The summed E-state index contributed by atoms with van der Waals surface area (Å²) in [7, 11) is 0. The van der Waals surface area contributed by atoms with Crippen LogP contribution in [0.5, 0.6) is 0 Å². The summed E-state index contributed by atoms with van der Waals surface area (Å²) in [6.07, 6.45) is 1.63. The fourth-order valence-corrected chi connectivity index (χ4v) is 2.70. The fraction of sp³-hybridized carbons (Fsp3) is 0.929. The predicted octanol–water partition coefficient (Wildman–Crippen LogP) is 1.65. The molecule has 1 aliphatic heterocycles. The molecule has 0 spiro atoms. The van der Waals surface area contributed by atoms with Crippen LogP contribution in [0.3, 0.4) is 0 Å². The van der Waals surface area contributed by atoms with Gasteiger partial charge in [0, 0.05) is 31.6 Å². The van der Waals surface area contributed by atoms with Crippen LogP contribution < -0.4 is 5.32 Å². The number of carbonyl (C=O) groups is 1. The number of ether oxygens (including phenoxy) is 1. The topological polar surface area (TPSA) is 41.6 Å². The summed E-state index contributed by atoms with van der Waals surface area (Å²) in [5.41, 5.74) is 0. The molecule has 106 valence electrons. The highest BCUT2D eigenvalue weighted by molar-refractivity contribution is 5.69. The van der Waals surface area contributed by atoms with Gasteiger partial charge in [-0.15, -0.1) is 0 Å². The Morgan fingerprint density at radius 3 is 2.67 bits per heavy atom. The Labute approximate surface area is 111 Å². The van der Waals surface area contributed by atoms with Crippen LogP contribution in [0.15, 0.2) is 0 Å². The Balaban J connectivity index is 2.52. The summed E-state index contributed by atoms with van der Waals surface area (Å²) in [4.78, 5) is 14.1. The molecule has 0 aliphatic carbocycles. The molecule has 0 radical (unpaired) electrons. The number of esters is 1. The van der Waals surface area contributed by atoms with Crippen molar-refractivity contribution < 1.29 is 9.53 Å². The first-order chi connectivity index (χ1) is 8.56. The third kappa shape index (κ3) is 4.94. The van der Waals surface area contributed by atoms with E-state index in [0.29, 0.717) is 31.0 Å². The van der Waals surface area contributed by atoms with Crippen molar-refractivity contribution in [2.45, 2.75) is 52.6 Å². The van der Waals surface area contributed by atoms with Gasteiger partial charge in [0.25, 0.3) is 0 Å². The molecule has 0 bridgehead atoms. The molecular weight excluding hydrogens is 228 g/mol. The molecular formula is C14H28N2O2. The van der Waals surface area contributed by atoms with E-state index < -0.39 is 0 Å². The Hall–Kier alpha value is -0.610. The molecule has 18 heavy (non-hydrogen) atoms. The molecule has 0 aromatic heterocycles. The number of hydrogen-bond donors (Lipinski definition) is 1. The predicted molar refractivity (Wildman–Crippen MR) is 73.5 cm³/mol. The Bertz CT molecular complexity index is 256. The van der Waals surface area contributed by atoms with Gasteiger partial charge in [0.15, 0.2) is 0 Å². The summed E-state index contributed by atoms with van der Waals surface area (Å²) in [6.45, 7) is 12.0. The molecule has 1 heterocycles. The Kier molecular flexibility index (Phi) is 6.65. The SMILES string of the molecule is CCNC1CC(CC(=O)OCC)CN(C(C)C)C1. The number of likely N-dealkylation sites (tertiary alicyclic amines) is 1. The molecule has 1 rings (SSSR count). The minimum atomic E-state index is -0.0524. The van der Waals surface area contributed by atoms with E-state index in [1.807, 2.05) is 6.92 Å². The van der Waals surface area contributed by atoms with Crippen molar-refractivity contribution in [3.05, 3.63) is 0 Å². The number of piperidine rings is 1. The summed E-state index contributed by atoms with van der Waals surface area (Å²) in [6, 6.07) is 1.04. The second kappa shape index (κ2) is 7.74. The zero-order valence-corrected chi connectivity index (χ0v) is 12.2. The number of nitrogens with zero attached hydrogens (tertiary/aromatic N) is 1. The van der Waals surface area contributed by atoms with Gasteiger partial charge in [0.1, 0.15) is 0 Å². The molecule has 0 aromatic carbocycles. The van der Waals surface area contributed by atoms with Gasteiger partial charge in [-0.2, -0.15) is 0 Å². The molecule has 1 N–H and O–H groups in total. The highest BCUT2D eigenvalue weighted by Gasteiger charge is 2.29. The van der Waals surface area contributed by atoms with Gasteiger partial charge in [0.2, 0.25) is 0 Å². The molecule has 0 saturated carbocycles. The number of nitrogens with one attached hydrogen (secondary N) is 1. The largest absolute Gasteiger partial charge is 0.466 e. The summed E-state index contributed by atoms with van der Waals surface area (Å²) in [5, 5.41) is 3.51. The van der Waals surface area contributed by atoms with Crippen molar-refractivity contribution in [1.29, 1.82) is 0 Å². The average Bonchev–Trinajstić information content (AvgIpc) is 2.29. The molecule has 4 heteroatoms. The molecule has 4 nitrogen and oxygen atoms in total. The van der Waals surface area contributed by atoms with E-state index in [1.165, 1.54) is 0 Å². The molecule has 0 aromatic rings. The lowest BCUT2D eigenvalue weighted by molar-refractivity contribution is -0.144. The lowest BCUT2D eigenvalue weighted by atomic mass is 9.90. The van der Waals surface area contributed by atoms with Gasteiger partial charge in [-0.1, -0.05) is 6.92 Å². The van der Waals surface area contributed by atoms with Crippen molar-refractivity contribution in [2.24, 2.45) is 5.92 Å². The lowest BCUT2D eigenvalue weighted by Gasteiger charge is -2.40. The van der Waals surface area contributed by atoms with Gasteiger partial charge in [0.05, 0.1) is 6.61 Å². The maximum atomic E-state index is 11.6. The quantitative estimate of drug-likeness (QED) is 0.734. The summed E-state index contributed by atoms with van der Waals surface area (Å²) >= 11 is 0. The smallest absolute Gasteiger partial charge is 0.306 e. The van der Waals surface area contributed by atoms with Gasteiger partial charge < -0.3 is 10.1 Å².